The van der Waals surface area contributed by atoms with Crippen molar-refractivity contribution in [1.82, 2.24) is 15.5 Å². The van der Waals surface area contributed by atoms with E-state index in [4.69, 9.17) is 0 Å². The first-order valence-electron chi connectivity index (χ1n) is 9.72. The average molecular weight is 435 g/mol. The molecule has 8 heteroatoms. The van der Waals surface area contributed by atoms with Crippen LogP contribution in [-0.4, -0.2) is 29.3 Å². The maximum atomic E-state index is 13.6. The number of carbonyl (C=O) groups is 3. The predicted molar refractivity (Wildman–Crippen MR) is 114 cm³/mol. The molecule has 0 spiro atoms. The zero-order valence-electron chi connectivity index (χ0n) is 16.6. The van der Waals surface area contributed by atoms with Gasteiger partial charge in [0.1, 0.15) is 5.82 Å². The van der Waals surface area contributed by atoms with Gasteiger partial charge in [0.05, 0.1) is 6.54 Å². The van der Waals surface area contributed by atoms with Gasteiger partial charge in [-0.25, -0.2) is 9.18 Å². The number of nitrogens with one attached hydrogen (secondary N) is 2. The number of imide groups is 1. The van der Waals surface area contributed by atoms with E-state index >= 15 is 0 Å². The first kappa shape index (κ1) is 19.4. The molecule has 3 heterocycles. The van der Waals surface area contributed by atoms with E-state index in [1.54, 1.807) is 29.5 Å². The van der Waals surface area contributed by atoms with Crippen molar-refractivity contribution in [2.75, 3.05) is 6.54 Å². The highest BCUT2D eigenvalue weighted by molar-refractivity contribution is 7.08. The fourth-order valence-corrected chi connectivity index (χ4v) is 5.09. The maximum absolute atomic E-state index is 13.6. The molecule has 1 atom stereocenters. The largest absolute Gasteiger partial charge is 0.331 e. The summed E-state index contributed by atoms with van der Waals surface area (Å²) in [7, 11) is 0. The van der Waals surface area contributed by atoms with Crippen molar-refractivity contribution in [2.24, 2.45) is 0 Å². The van der Waals surface area contributed by atoms with Crippen molar-refractivity contribution in [2.45, 2.75) is 19.0 Å². The van der Waals surface area contributed by atoms with Crippen LogP contribution in [-0.2, 0) is 16.9 Å². The van der Waals surface area contributed by atoms with Crippen molar-refractivity contribution in [1.29, 1.82) is 0 Å². The average Bonchev–Trinajstić information content (AvgIpc) is 3.39. The molecule has 156 valence electrons. The van der Waals surface area contributed by atoms with Crippen LogP contribution in [0, 0.1) is 12.7 Å². The monoisotopic (exact) mass is 435 g/mol. The van der Waals surface area contributed by atoms with Gasteiger partial charge in [-0.2, -0.15) is 11.3 Å². The van der Waals surface area contributed by atoms with Crippen molar-refractivity contribution < 1.29 is 18.8 Å². The minimum atomic E-state index is -1.42. The number of thiophene rings is 1. The molecule has 0 unspecified atom stereocenters. The van der Waals surface area contributed by atoms with Crippen LogP contribution in [0.4, 0.5) is 9.18 Å². The van der Waals surface area contributed by atoms with Gasteiger partial charge in [0.25, 0.3) is 11.8 Å². The quantitative estimate of drug-likeness (QED) is 0.615. The molecule has 2 aliphatic rings. The Bertz CT molecular complexity index is 1240. The lowest BCUT2D eigenvalue weighted by Crippen LogP contribution is -2.52. The normalized spacial score (nSPS) is 20.1. The number of nitrogens with zero attached hydrogens (tertiary/aromatic N) is 1. The molecule has 0 aliphatic carbocycles. The van der Waals surface area contributed by atoms with Crippen LogP contribution < -0.4 is 10.6 Å². The molecule has 5 rings (SSSR count). The van der Waals surface area contributed by atoms with Crippen LogP contribution in [0.1, 0.15) is 27.0 Å². The van der Waals surface area contributed by atoms with Crippen molar-refractivity contribution in [3.8, 4) is 11.1 Å². The molecule has 1 saturated heterocycles. The van der Waals surface area contributed by atoms with Crippen LogP contribution in [0.5, 0.6) is 0 Å². The lowest BCUT2D eigenvalue weighted by molar-refractivity contribution is -0.124. The van der Waals surface area contributed by atoms with Crippen molar-refractivity contribution >= 4 is 29.2 Å². The molecular weight excluding hydrogens is 417 g/mol. The molecule has 1 fully saturated rings. The highest BCUT2D eigenvalue weighted by Crippen LogP contribution is 2.33. The molecule has 31 heavy (non-hydrogen) atoms. The second-order valence-corrected chi connectivity index (χ2v) is 8.57. The van der Waals surface area contributed by atoms with Gasteiger partial charge in [0.2, 0.25) is 0 Å². The summed E-state index contributed by atoms with van der Waals surface area (Å²) in [6.07, 6.45) is 0. The Kier molecular flexibility index (Phi) is 4.40. The second-order valence-electron chi connectivity index (χ2n) is 7.82. The number of hydrogen-bond donors (Lipinski definition) is 2. The SMILES string of the molecule is Cc1cscc1-c1ccc([C@@]2(CN3Cc4ccc(F)cc4C3=O)NC(=O)NC2=O)cc1. The number of fused-ring (bicyclic) bond motifs is 1. The van der Waals surface area contributed by atoms with Gasteiger partial charge in [-0.05, 0) is 57.6 Å². The summed E-state index contributed by atoms with van der Waals surface area (Å²) in [4.78, 5) is 39.3. The Morgan fingerprint density at radius 1 is 1.06 bits per heavy atom. The number of carbonyl (C=O) groups excluding carboxylic acids is 3. The minimum Gasteiger partial charge on any atom is -0.331 e. The molecule has 0 saturated carbocycles. The molecule has 6 nitrogen and oxygen atoms in total. The molecule has 4 amide bonds. The molecular formula is C23H18FN3O3S. The summed E-state index contributed by atoms with van der Waals surface area (Å²) >= 11 is 1.62. The topological polar surface area (TPSA) is 78.5 Å². The second kappa shape index (κ2) is 7.02. The van der Waals surface area contributed by atoms with Crippen molar-refractivity contribution in [3.05, 3.63) is 81.3 Å². The summed E-state index contributed by atoms with van der Waals surface area (Å²) in [6.45, 7) is 2.22. The first-order chi connectivity index (χ1) is 14.9. The number of benzene rings is 2. The van der Waals surface area contributed by atoms with Crippen LogP contribution in [0.3, 0.4) is 0 Å². The third kappa shape index (κ3) is 3.11. The van der Waals surface area contributed by atoms with Gasteiger partial charge < -0.3 is 10.2 Å². The Hall–Kier alpha value is -3.52. The van der Waals surface area contributed by atoms with E-state index in [0.717, 1.165) is 16.7 Å². The third-order valence-corrected chi connectivity index (χ3v) is 6.73. The maximum Gasteiger partial charge on any atom is 0.322 e. The van der Waals surface area contributed by atoms with E-state index in [2.05, 4.69) is 21.4 Å². The molecule has 2 N–H and O–H groups in total. The zero-order chi connectivity index (χ0) is 21.8. The molecule has 2 aromatic carbocycles. The van der Waals surface area contributed by atoms with E-state index in [0.29, 0.717) is 11.1 Å². The number of halogens is 1. The summed E-state index contributed by atoms with van der Waals surface area (Å²) in [5.74, 6) is -1.38. The highest BCUT2D eigenvalue weighted by atomic mass is 32.1. The fourth-order valence-electron chi connectivity index (χ4n) is 4.24. The Morgan fingerprint density at radius 2 is 1.84 bits per heavy atom. The van der Waals surface area contributed by atoms with Gasteiger partial charge in [0.15, 0.2) is 5.54 Å². The molecule has 0 radical (unpaired) electrons. The summed E-state index contributed by atoms with van der Waals surface area (Å²) in [6, 6.07) is 10.9. The molecule has 2 aliphatic heterocycles. The summed E-state index contributed by atoms with van der Waals surface area (Å²) in [5, 5.41) is 9.13. The van der Waals surface area contributed by atoms with E-state index < -0.39 is 23.3 Å². The fraction of sp³-hybridized carbons (Fsp3) is 0.174. The Labute approximate surface area is 181 Å². The van der Waals surface area contributed by atoms with Gasteiger partial charge in [0, 0.05) is 12.1 Å². The predicted octanol–water partition coefficient (Wildman–Crippen LogP) is 3.55. The van der Waals surface area contributed by atoms with Crippen LogP contribution in [0.15, 0.2) is 53.2 Å². The van der Waals surface area contributed by atoms with Gasteiger partial charge in [-0.3, -0.25) is 14.9 Å². The van der Waals surface area contributed by atoms with E-state index in [1.165, 1.54) is 17.0 Å². The lowest BCUT2D eigenvalue weighted by Gasteiger charge is -2.31. The molecule has 3 aromatic rings. The smallest absolute Gasteiger partial charge is 0.322 e. The van der Waals surface area contributed by atoms with E-state index in [9.17, 15) is 18.8 Å². The highest BCUT2D eigenvalue weighted by Gasteiger charge is 2.50. The lowest BCUT2D eigenvalue weighted by atomic mass is 9.88. The Morgan fingerprint density at radius 3 is 2.48 bits per heavy atom. The number of rotatable bonds is 4. The number of aryl methyl sites for hydroxylation is 1. The van der Waals surface area contributed by atoms with Crippen LogP contribution >= 0.6 is 11.3 Å². The van der Waals surface area contributed by atoms with Crippen molar-refractivity contribution in [3.63, 3.8) is 0 Å². The summed E-state index contributed by atoms with van der Waals surface area (Å²) in [5.41, 5.74) is 3.39. The van der Waals surface area contributed by atoms with Crippen LogP contribution in [0.25, 0.3) is 11.1 Å². The third-order valence-electron chi connectivity index (χ3n) is 5.86. The van der Waals surface area contributed by atoms with Gasteiger partial charge in [-0.1, -0.05) is 30.3 Å². The van der Waals surface area contributed by atoms with E-state index in [1.807, 2.05) is 19.1 Å². The van der Waals surface area contributed by atoms with Gasteiger partial charge >= 0.3 is 6.03 Å². The first-order valence-corrected chi connectivity index (χ1v) is 10.7. The van der Waals surface area contributed by atoms with E-state index in [-0.39, 0.29) is 24.6 Å². The molecule has 1 aromatic heterocycles. The van der Waals surface area contributed by atoms with Crippen LogP contribution in [0.2, 0.25) is 0 Å². The number of hydrogen-bond acceptors (Lipinski definition) is 4. The summed E-state index contributed by atoms with van der Waals surface area (Å²) < 4.78 is 13.6. The number of amides is 4. The zero-order valence-corrected chi connectivity index (χ0v) is 17.4. The Balaban J connectivity index is 1.50. The number of urea groups is 1. The standard InChI is InChI=1S/C23H18FN3O3S/c1-13-10-31-11-19(13)14-2-5-16(6-3-14)23(21(29)25-22(30)26-23)12-27-9-15-4-7-17(24)8-18(15)20(27)28/h2-8,10-11H,9,12H2,1H3,(H2,25,26,29,30)/t23-/m1/s1. The molecule has 0 bridgehead atoms. The van der Waals surface area contributed by atoms with Gasteiger partial charge in [-0.15, -0.1) is 0 Å². The minimum absolute atomic E-state index is 0.0590.